The fraction of sp³-hybridized carbons (Fsp3) is 0.238. The normalized spacial score (nSPS) is 17.2. The van der Waals surface area contributed by atoms with Gasteiger partial charge in [0.1, 0.15) is 6.04 Å². The van der Waals surface area contributed by atoms with E-state index < -0.39 is 17.7 Å². The number of aromatic nitrogens is 2. The molecular weight excluding hydrogens is 374 g/mol. The molecule has 28 heavy (non-hydrogen) atoms. The summed E-state index contributed by atoms with van der Waals surface area (Å²) >= 11 is 1.34. The Balaban J connectivity index is 1.86. The lowest BCUT2D eigenvalue weighted by Crippen LogP contribution is -2.31. The van der Waals surface area contributed by atoms with Crippen LogP contribution in [0.15, 0.2) is 60.0 Å². The topological polar surface area (TPSA) is 83.4 Å². The van der Waals surface area contributed by atoms with Gasteiger partial charge in [-0.1, -0.05) is 43.4 Å². The second-order valence-corrected chi connectivity index (χ2v) is 8.09. The molecule has 6 nitrogen and oxygen atoms in total. The van der Waals surface area contributed by atoms with E-state index in [2.05, 4.69) is 9.97 Å². The second-order valence-electron chi connectivity index (χ2n) is 7.08. The van der Waals surface area contributed by atoms with Gasteiger partial charge >= 0.3 is 0 Å². The molecule has 3 aromatic rings. The Labute approximate surface area is 166 Å². The Hall–Kier alpha value is -3.06. The molecule has 0 spiro atoms. The quantitative estimate of drug-likeness (QED) is 0.702. The van der Waals surface area contributed by atoms with Crippen molar-refractivity contribution in [2.24, 2.45) is 5.92 Å². The van der Waals surface area contributed by atoms with Crippen molar-refractivity contribution in [3.05, 3.63) is 65.7 Å². The molecule has 142 valence electrons. The number of carbonyl (C=O) groups excluding carboxylic acids is 2. The number of hydrogen-bond acceptors (Lipinski definition) is 6. The number of pyridine rings is 1. The van der Waals surface area contributed by atoms with Gasteiger partial charge in [-0.2, -0.15) is 0 Å². The van der Waals surface area contributed by atoms with Gasteiger partial charge in [-0.3, -0.25) is 19.5 Å². The number of para-hydroxylation sites is 1. The first kappa shape index (κ1) is 18.3. The lowest BCUT2D eigenvalue weighted by Gasteiger charge is -2.23. The zero-order valence-corrected chi connectivity index (χ0v) is 16.3. The molecule has 0 saturated carbocycles. The number of benzene rings is 1. The third-order valence-electron chi connectivity index (χ3n) is 4.56. The molecule has 1 N–H and O–H groups in total. The van der Waals surface area contributed by atoms with E-state index in [1.54, 1.807) is 24.4 Å². The van der Waals surface area contributed by atoms with E-state index in [9.17, 15) is 14.7 Å². The van der Waals surface area contributed by atoms with Crippen LogP contribution in [0.25, 0.3) is 10.2 Å². The molecule has 0 saturated heterocycles. The van der Waals surface area contributed by atoms with Crippen molar-refractivity contribution in [1.82, 2.24) is 9.97 Å². The van der Waals surface area contributed by atoms with Gasteiger partial charge in [0.05, 0.1) is 21.5 Å². The lowest BCUT2D eigenvalue weighted by atomic mass is 9.94. The number of Topliss-reactive ketones (excluding diaryl/α,β-unsaturated/α-hetero) is 1. The highest BCUT2D eigenvalue weighted by Crippen LogP contribution is 2.43. The first-order chi connectivity index (χ1) is 13.5. The zero-order chi connectivity index (χ0) is 19.8. The number of thiazole rings is 1. The van der Waals surface area contributed by atoms with Crippen molar-refractivity contribution in [2.75, 3.05) is 4.90 Å². The number of amides is 1. The summed E-state index contributed by atoms with van der Waals surface area (Å²) in [7, 11) is 0. The van der Waals surface area contributed by atoms with E-state index in [0.717, 1.165) is 10.2 Å². The van der Waals surface area contributed by atoms with E-state index in [4.69, 9.17) is 0 Å². The Morgan fingerprint density at radius 3 is 2.64 bits per heavy atom. The van der Waals surface area contributed by atoms with E-state index in [1.807, 2.05) is 38.1 Å². The number of ketones is 1. The van der Waals surface area contributed by atoms with Crippen molar-refractivity contribution in [3.8, 4) is 0 Å². The summed E-state index contributed by atoms with van der Waals surface area (Å²) in [4.78, 5) is 36.2. The summed E-state index contributed by atoms with van der Waals surface area (Å²) in [6.07, 6.45) is 1.85. The smallest absolute Gasteiger partial charge is 0.296 e. The van der Waals surface area contributed by atoms with Gasteiger partial charge in [-0.25, -0.2) is 4.98 Å². The van der Waals surface area contributed by atoms with Crippen LogP contribution >= 0.6 is 11.3 Å². The molecule has 1 aliphatic heterocycles. The summed E-state index contributed by atoms with van der Waals surface area (Å²) in [5, 5.41) is 11.0. The monoisotopic (exact) mass is 393 g/mol. The lowest BCUT2D eigenvalue weighted by molar-refractivity contribution is -0.118. The largest absolute Gasteiger partial charge is 0.503 e. The van der Waals surface area contributed by atoms with Gasteiger partial charge in [-0.15, -0.1) is 0 Å². The van der Waals surface area contributed by atoms with Gasteiger partial charge < -0.3 is 5.11 Å². The van der Waals surface area contributed by atoms with E-state index >= 15 is 0 Å². The summed E-state index contributed by atoms with van der Waals surface area (Å²) in [5.74, 6) is -1.29. The Morgan fingerprint density at radius 2 is 1.96 bits per heavy atom. The Bertz CT molecular complexity index is 1060. The predicted molar refractivity (Wildman–Crippen MR) is 108 cm³/mol. The van der Waals surface area contributed by atoms with Crippen molar-refractivity contribution < 1.29 is 14.7 Å². The molecule has 1 atom stereocenters. The number of rotatable bonds is 5. The van der Waals surface area contributed by atoms with Crippen LogP contribution in [0, 0.1) is 5.92 Å². The molecule has 0 bridgehead atoms. The minimum Gasteiger partial charge on any atom is -0.503 e. The van der Waals surface area contributed by atoms with Gasteiger partial charge in [0.25, 0.3) is 5.91 Å². The highest BCUT2D eigenvalue weighted by Gasteiger charge is 2.46. The molecule has 1 aliphatic rings. The highest BCUT2D eigenvalue weighted by molar-refractivity contribution is 7.22. The number of carbonyl (C=O) groups is 2. The first-order valence-electron chi connectivity index (χ1n) is 9.03. The molecule has 0 aliphatic carbocycles. The van der Waals surface area contributed by atoms with Crippen molar-refractivity contribution in [2.45, 2.75) is 26.3 Å². The van der Waals surface area contributed by atoms with Gasteiger partial charge in [-0.05, 0) is 30.2 Å². The van der Waals surface area contributed by atoms with Gasteiger partial charge in [0, 0.05) is 12.6 Å². The van der Waals surface area contributed by atoms with Crippen LogP contribution in [0.5, 0.6) is 0 Å². The Morgan fingerprint density at radius 1 is 1.21 bits per heavy atom. The number of anilines is 1. The third-order valence-corrected chi connectivity index (χ3v) is 5.59. The molecule has 0 fully saturated rings. The molecule has 1 unspecified atom stereocenters. The summed E-state index contributed by atoms with van der Waals surface area (Å²) in [5.41, 5.74) is 1.37. The maximum atomic E-state index is 13.0. The van der Waals surface area contributed by atoms with Crippen LogP contribution in [-0.2, 0) is 9.59 Å². The van der Waals surface area contributed by atoms with Crippen molar-refractivity contribution in [3.63, 3.8) is 0 Å². The van der Waals surface area contributed by atoms with E-state index in [1.165, 1.54) is 16.2 Å². The third kappa shape index (κ3) is 3.07. The summed E-state index contributed by atoms with van der Waals surface area (Å²) in [6, 6.07) is 12.1. The number of hydrogen-bond donors (Lipinski definition) is 1. The van der Waals surface area contributed by atoms with Crippen LogP contribution in [0.3, 0.4) is 0 Å². The molecule has 3 heterocycles. The SMILES string of the molecule is CC(C)CC(=O)C1=C(O)C(=O)N(c2nc3ccccc3s2)C1c1ccccn1. The summed E-state index contributed by atoms with van der Waals surface area (Å²) < 4.78 is 0.923. The number of nitrogens with zero attached hydrogens (tertiary/aromatic N) is 3. The average molecular weight is 393 g/mol. The fourth-order valence-corrected chi connectivity index (χ4v) is 4.34. The summed E-state index contributed by atoms with van der Waals surface area (Å²) in [6.45, 7) is 3.85. The fourth-order valence-electron chi connectivity index (χ4n) is 3.35. The Kier molecular flexibility index (Phi) is 4.68. The van der Waals surface area contributed by atoms with Gasteiger partial charge in [0.15, 0.2) is 16.7 Å². The van der Waals surface area contributed by atoms with Gasteiger partial charge in [0.2, 0.25) is 0 Å². The minimum absolute atomic E-state index is 0.0941. The minimum atomic E-state index is -0.791. The molecule has 7 heteroatoms. The molecule has 0 radical (unpaired) electrons. The van der Waals surface area contributed by atoms with Crippen LogP contribution in [-0.4, -0.2) is 26.8 Å². The standard InChI is InChI=1S/C21H19N3O3S/c1-12(2)11-15(25)17-18(14-8-5-6-10-22-14)24(20(27)19(17)26)21-23-13-7-3-4-9-16(13)28-21/h3-10,12,18,26H,11H2,1-2H3. The number of aliphatic hydroxyl groups is 1. The maximum absolute atomic E-state index is 13.0. The second kappa shape index (κ2) is 7.16. The average Bonchev–Trinajstić information content (AvgIpc) is 3.21. The molecule has 4 rings (SSSR count). The molecule has 2 aromatic heterocycles. The van der Waals surface area contributed by atoms with E-state index in [-0.39, 0.29) is 23.7 Å². The predicted octanol–water partition coefficient (Wildman–Crippen LogP) is 4.21. The molecular formula is C21H19N3O3S. The van der Waals surface area contributed by atoms with Crippen LogP contribution in [0.1, 0.15) is 32.0 Å². The molecule has 1 amide bonds. The number of aliphatic hydroxyl groups excluding tert-OH is 1. The van der Waals surface area contributed by atoms with Crippen molar-refractivity contribution >= 4 is 38.4 Å². The zero-order valence-electron chi connectivity index (χ0n) is 15.5. The highest BCUT2D eigenvalue weighted by atomic mass is 32.1. The maximum Gasteiger partial charge on any atom is 0.296 e. The van der Waals surface area contributed by atoms with Crippen molar-refractivity contribution in [1.29, 1.82) is 0 Å². The van der Waals surface area contributed by atoms with Crippen LogP contribution in [0.4, 0.5) is 5.13 Å². The van der Waals surface area contributed by atoms with Crippen LogP contribution < -0.4 is 4.90 Å². The van der Waals surface area contributed by atoms with E-state index in [0.29, 0.717) is 10.8 Å². The number of fused-ring (bicyclic) bond motifs is 1. The molecule has 1 aromatic carbocycles. The first-order valence-corrected chi connectivity index (χ1v) is 9.85. The van der Waals surface area contributed by atoms with Crippen LogP contribution in [0.2, 0.25) is 0 Å².